The fraction of sp³-hybridized carbons (Fsp3) is 0.208. The van der Waals surface area contributed by atoms with Crippen molar-refractivity contribution in [3.05, 3.63) is 77.6 Å². The van der Waals surface area contributed by atoms with Gasteiger partial charge in [-0.1, -0.05) is 35.9 Å². The van der Waals surface area contributed by atoms with Gasteiger partial charge in [0.1, 0.15) is 12.4 Å². The fourth-order valence-corrected chi connectivity index (χ4v) is 6.21. The molecule has 0 saturated carbocycles. The average molecular weight is 486 g/mol. The van der Waals surface area contributed by atoms with Gasteiger partial charge in [-0.05, 0) is 42.5 Å². The molecular weight excluding hydrogens is 465 g/mol. The lowest BCUT2D eigenvalue weighted by Crippen LogP contribution is -2.52. The van der Waals surface area contributed by atoms with Crippen LogP contribution in [0.2, 0.25) is 5.02 Å². The molecule has 0 aliphatic carbocycles. The lowest BCUT2D eigenvalue weighted by atomic mass is 10.0. The summed E-state index contributed by atoms with van der Waals surface area (Å²) in [6.07, 6.45) is 0. The van der Waals surface area contributed by atoms with Crippen LogP contribution in [0, 0.1) is 5.82 Å². The van der Waals surface area contributed by atoms with E-state index in [9.17, 15) is 17.6 Å². The van der Waals surface area contributed by atoms with Gasteiger partial charge in [0, 0.05) is 48.0 Å². The van der Waals surface area contributed by atoms with E-state index in [1.54, 1.807) is 23.1 Å². The molecule has 0 spiro atoms. The summed E-state index contributed by atoms with van der Waals surface area (Å²) < 4.78 is 41.9. The smallest absolute Gasteiger partial charge is 0.265 e. The fourth-order valence-electron chi connectivity index (χ4n) is 4.38. The van der Waals surface area contributed by atoms with E-state index in [0.29, 0.717) is 48.0 Å². The Hall–Kier alpha value is -3.10. The molecule has 5 rings (SSSR count). The van der Waals surface area contributed by atoms with Crippen molar-refractivity contribution in [3.8, 4) is 11.1 Å². The molecule has 170 valence electrons. The summed E-state index contributed by atoms with van der Waals surface area (Å²) in [6.45, 7) is 1.82. The van der Waals surface area contributed by atoms with Crippen molar-refractivity contribution in [1.29, 1.82) is 0 Å². The first-order valence-electron chi connectivity index (χ1n) is 10.5. The number of fused-ring (bicyclic) bond motifs is 3. The highest BCUT2D eigenvalue weighted by Gasteiger charge is 2.37. The van der Waals surface area contributed by atoms with Crippen LogP contribution in [0.3, 0.4) is 0 Å². The molecule has 0 aromatic heterocycles. The van der Waals surface area contributed by atoms with Gasteiger partial charge in [-0.25, -0.2) is 12.8 Å². The second kappa shape index (κ2) is 8.35. The van der Waals surface area contributed by atoms with Crippen LogP contribution in [0.15, 0.2) is 71.6 Å². The van der Waals surface area contributed by atoms with Gasteiger partial charge in [0.2, 0.25) is 5.91 Å². The summed E-state index contributed by atoms with van der Waals surface area (Å²) in [6, 6.07) is 18.0. The summed E-state index contributed by atoms with van der Waals surface area (Å²) in [5.74, 6) is -0.759. The first-order valence-corrected chi connectivity index (χ1v) is 12.4. The maximum atomic E-state index is 14.0. The van der Waals surface area contributed by atoms with Crippen molar-refractivity contribution in [2.24, 2.45) is 0 Å². The molecule has 0 atom stereocenters. The summed E-state index contributed by atoms with van der Waals surface area (Å²) in [5, 5.41) is 0.650. The molecule has 1 saturated heterocycles. The highest BCUT2D eigenvalue weighted by molar-refractivity contribution is 7.93. The summed E-state index contributed by atoms with van der Waals surface area (Å²) in [5.41, 5.74) is 2.19. The molecule has 1 amide bonds. The van der Waals surface area contributed by atoms with E-state index in [0.717, 1.165) is 9.99 Å². The van der Waals surface area contributed by atoms with E-state index in [1.807, 2.05) is 24.3 Å². The first-order chi connectivity index (χ1) is 15.8. The van der Waals surface area contributed by atoms with Crippen LogP contribution in [-0.2, 0) is 14.8 Å². The molecule has 2 heterocycles. The van der Waals surface area contributed by atoms with E-state index >= 15 is 0 Å². The first kappa shape index (κ1) is 21.7. The van der Waals surface area contributed by atoms with Gasteiger partial charge in [0.05, 0.1) is 10.6 Å². The quantitative estimate of drug-likeness (QED) is 0.562. The largest absolute Gasteiger partial charge is 0.368 e. The topological polar surface area (TPSA) is 60.9 Å². The third kappa shape index (κ3) is 3.94. The summed E-state index contributed by atoms with van der Waals surface area (Å²) in [4.78, 5) is 17.0. The lowest BCUT2D eigenvalue weighted by molar-refractivity contribution is -0.129. The molecule has 0 bridgehead atoms. The maximum Gasteiger partial charge on any atom is 0.265 e. The second-order valence-electron chi connectivity index (χ2n) is 8.02. The van der Waals surface area contributed by atoms with Crippen molar-refractivity contribution in [1.82, 2.24) is 4.90 Å². The Labute approximate surface area is 196 Å². The zero-order valence-corrected chi connectivity index (χ0v) is 19.2. The summed E-state index contributed by atoms with van der Waals surface area (Å²) >= 11 is 6.09. The van der Waals surface area contributed by atoms with Gasteiger partial charge in [-0.15, -0.1) is 0 Å². The number of amides is 1. The molecule has 9 heteroatoms. The molecule has 0 N–H and O–H groups in total. The highest BCUT2D eigenvalue weighted by atomic mass is 35.5. The molecule has 0 unspecified atom stereocenters. The van der Waals surface area contributed by atoms with E-state index in [4.69, 9.17) is 11.6 Å². The van der Waals surface area contributed by atoms with Crippen LogP contribution in [-0.4, -0.2) is 51.9 Å². The van der Waals surface area contributed by atoms with E-state index in [-0.39, 0.29) is 17.3 Å². The lowest BCUT2D eigenvalue weighted by Gasteiger charge is -2.38. The van der Waals surface area contributed by atoms with Crippen LogP contribution >= 0.6 is 11.6 Å². The number of rotatable bonds is 3. The normalized spacial score (nSPS) is 16.8. The number of sulfonamides is 1. The zero-order valence-electron chi connectivity index (χ0n) is 17.6. The van der Waals surface area contributed by atoms with Gasteiger partial charge in [0.25, 0.3) is 10.0 Å². The molecule has 33 heavy (non-hydrogen) atoms. The number of carbonyl (C=O) groups excluding carboxylic acids is 1. The zero-order chi connectivity index (χ0) is 23.2. The number of nitrogens with zero attached hydrogens (tertiary/aromatic N) is 3. The Bertz CT molecular complexity index is 1340. The molecule has 3 aromatic rings. The Morgan fingerprint density at radius 2 is 1.67 bits per heavy atom. The van der Waals surface area contributed by atoms with Crippen LogP contribution in [0.5, 0.6) is 0 Å². The van der Waals surface area contributed by atoms with Gasteiger partial charge < -0.3 is 9.80 Å². The number of halogens is 2. The highest BCUT2D eigenvalue weighted by Crippen LogP contribution is 2.43. The Morgan fingerprint density at radius 1 is 0.909 bits per heavy atom. The average Bonchev–Trinajstić information content (AvgIpc) is 2.82. The van der Waals surface area contributed by atoms with Gasteiger partial charge >= 0.3 is 0 Å². The number of hydrogen-bond acceptors (Lipinski definition) is 4. The van der Waals surface area contributed by atoms with Crippen molar-refractivity contribution in [3.63, 3.8) is 0 Å². The molecular formula is C24H21ClFN3O3S. The SMILES string of the molecule is O=C(CN1c2ccc(F)cc2-c2ccccc2S1(=O)=O)N1CCN(c2cccc(Cl)c2)CC1. The minimum Gasteiger partial charge on any atom is -0.368 e. The van der Waals surface area contributed by atoms with Crippen molar-refractivity contribution >= 4 is 38.9 Å². The number of anilines is 2. The monoisotopic (exact) mass is 485 g/mol. The number of piperazine rings is 1. The minimum atomic E-state index is -3.96. The van der Waals surface area contributed by atoms with E-state index in [1.165, 1.54) is 24.3 Å². The predicted molar refractivity (Wildman–Crippen MR) is 127 cm³/mol. The molecule has 3 aromatic carbocycles. The third-order valence-corrected chi connectivity index (χ3v) is 8.11. The Morgan fingerprint density at radius 3 is 2.42 bits per heavy atom. The summed E-state index contributed by atoms with van der Waals surface area (Å²) in [7, 11) is -3.96. The van der Waals surface area contributed by atoms with Gasteiger partial charge in [0.15, 0.2) is 0 Å². The Kier molecular flexibility index (Phi) is 5.50. The number of benzene rings is 3. The van der Waals surface area contributed by atoms with Crippen LogP contribution < -0.4 is 9.21 Å². The minimum absolute atomic E-state index is 0.0710. The van der Waals surface area contributed by atoms with E-state index < -0.39 is 15.8 Å². The molecule has 2 aliphatic heterocycles. The van der Waals surface area contributed by atoms with Crippen molar-refractivity contribution < 1.29 is 17.6 Å². The van der Waals surface area contributed by atoms with Gasteiger partial charge in [-0.3, -0.25) is 9.10 Å². The molecule has 2 aliphatic rings. The maximum absolute atomic E-state index is 14.0. The van der Waals surface area contributed by atoms with Crippen LogP contribution in [0.25, 0.3) is 11.1 Å². The van der Waals surface area contributed by atoms with Crippen LogP contribution in [0.1, 0.15) is 0 Å². The van der Waals surface area contributed by atoms with Crippen LogP contribution in [0.4, 0.5) is 15.8 Å². The van der Waals surface area contributed by atoms with Gasteiger partial charge in [-0.2, -0.15) is 0 Å². The number of hydrogen-bond donors (Lipinski definition) is 0. The Balaban J connectivity index is 1.38. The molecule has 6 nitrogen and oxygen atoms in total. The second-order valence-corrected chi connectivity index (χ2v) is 10.3. The van der Waals surface area contributed by atoms with Crippen molar-refractivity contribution in [2.75, 3.05) is 41.9 Å². The molecule has 1 fully saturated rings. The number of carbonyl (C=O) groups is 1. The molecule has 0 radical (unpaired) electrons. The third-order valence-electron chi connectivity index (χ3n) is 6.06. The van der Waals surface area contributed by atoms with E-state index in [2.05, 4.69) is 4.90 Å². The van der Waals surface area contributed by atoms with Crippen molar-refractivity contribution in [2.45, 2.75) is 4.90 Å². The standard InChI is InChI=1S/C24H21ClFN3O3S/c25-17-4-3-5-19(14-17)27-10-12-28(13-11-27)24(30)16-29-22-9-8-18(26)15-21(22)20-6-1-2-7-23(20)33(29,31)32/h1-9,14-15H,10-13,16H2. The predicted octanol–water partition coefficient (Wildman–Crippen LogP) is 4.00.